The van der Waals surface area contributed by atoms with Gasteiger partial charge in [0.15, 0.2) is 12.0 Å². The summed E-state index contributed by atoms with van der Waals surface area (Å²) in [6, 6.07) is 10.8. The summed E-state index contributed by atoms with van der Waals surface area (Å²) in [5.74, 6) is -0.0555. The zero-order valence-electron chi connectivity index (χ0n) is 16.3. The van der Waals surface area contributed by atoms with Crippen LogP contribution in [0.4, 0.5) is 10.6 Å². The molecule has 9 nitrogen and oxygen atoms in total. The number of carbonyl (C=O) groups is 2. The van der Waals surface area contributed by atoms with Crippen LogP contribution in [0.15, 0.2) is 36.4 Å². The Morgan fingerprint density at radius 3 is 2.46 bits per heavy atom. The molecule has 0 aliphatic carbocycles. The average Bonchev–Trinajstić information content (AvgIpc) is 3.06. The first-order chi connectivity index (χ1) is 13.5. The van der Waals surface area contributed by atoms with Gasteiger partial charge in [-0.05, 0) is 19.4 Å². The van der Waals surface area contributed by atoms with Crippen molar-refractivity contribution < 1.29 is 23.8 Å². The van der Waals surface area contributed by atoms with Crippen molar-refractivity contribution in [2.24, 2.45) is 7.05 Å². The maximum Gasteiger partial charge on any atom is 0.413 e. The summed E-state index contributed by atoms with van der Waals surface area (Å²) >= 11 is 0. The van der Waals surface area contributed by atoms with Gasteiger partial charge in [0.25, 0.3) is 5.91 Å². The SMILES string of the molecule is CCOC(CNC(=O)c1cc(NC(=O)OCc2ccccc2)n(C)n1)OCC. The summed E-state index contributed by atoms with van der Waals surface area (Å²) in [4.78, 5) is 24.2. The second kappa shape index (κ2) is 11.1. The topological polar surface area (TPSA) is 104 Å². The fourth-order valence-electron chi connectivity index (χ4n) is 2.36. The molecule has 1 aromatic carbocycles. The maximum absolute atomic E-state index is 12.3. The summed E-state index contributed by atoms with van der Waals surface area (Å²) in [5.41, 5.74) is 1.04. The van der Waals surface area contributed by atoms with E-state index in [-0.39, 0.29) is 18.8 Å². The van der Waals surface area contributed by atoms with E-state index in [1.807, 2.05) is 44.2 Å². The second-order valence-corrected chi connectivity index (χ2v) is 5.78. The van der Waals surface area contributed by atoms with Gasteiger partial charge >= 0.3 is 6.09 Å². The molecule has 0 saturated carbocycles. The number of nitrogens with one attached hydrogen (secondary N) is 2. The zero-order chi connectivity index (χ0) is 20.4. The first kappa shape index (κ1) is 21.4. The minimum atomic E-state index is -0.633. The van der Waals surface area contributed by atoms with E-state index in [9.17, 15) is 9.59 Å². The standard InChI is InChI=1S/C19H26N4O5/c1-4-26-17(27-5-2)12-20-18(24)15-11-16(23(3)22-15)21-19(25)28-13-14-9-7-6-8-10-14/h6-11,17H,4-5,12-13H2,1-3H3,(H,20,24)(H,21,25). The Morgan fingerprint density at radius 2 is 1.82 bits per heavy atom. The number of anilines is 1. The molecule has 0 atom stereocenters. The van der Waals surface area contributed by atoms with Gasteiger partial charge in [0.05, 0.1) is 6.54 Å². The Labute approximate surface area is 164 Å². The Morgan fingerprint density at radius 1 is 1.14 bits per heavy atom. The third-order valence-corrected chi connectivity index (χ3v) is 3.69. The number of aromatic nitrogens is 2. The van der Waals surface area contributed by atoms with Crippen LogP contribution in [0, 0.1) is 0 Å². The number of ether oxygens (including phenoxy) is 3. The summed E-state index contributed by atoms with van der Waals surface area (Å²) < 4.78 is 17.3. The molecule has 152 valence electrons. The molecular formula is C19H26N4O5. The third-order valence-electron chi connectivity index (χ3n) is 3.69. The van der Waals surface area contributed by atoms with Crippen molar-refractivity contribution in [3.05, 3.63) is 47.7 Å². The highest BCUT2D eigenvalue weighted by Crippen LogP contribution is 2.10. The number of carbonyl (C=O) groups excluding carboxylic acids is 2. The molecule has 2 rings (SSSR count). The Hall–Kier alpha value is -2.91. The first-order valence-electron chi connectivity index (χ1n) is 9.06. The van der Waals surface area contributed by atoms with Gasteiger partial charge in [-0.1, -0.05) is 30.3 Å². The fourth-order valence-corrected chi connectivity index (χ4v) is 2.36. The quantitative estimate of drug-likeness (QED) is 0.604. The van der Waals surface area contributed by atoms with E-state index in [4.69, 9.17) is 14.2 Å². The number of amides is 2. The van der Waals surface area contributed by atoms with Gasteiger partial charge in [-0.3, -0.25) is 14.8 Å². The molecule has 0 fully saturated rings. The molecule has 0 unspecified atom stereocenters. The Kier molecular flexibility index (Phi) is 8.44. The lowest BCUT2D eigenvalue weighted by Crippen LogP contribution is -2.35. The van der Waals surface area contributed by atoms with Gasteiger partial charge < -0.3 is 19.5 Å². The van der Waals surface area contributed by atoms with Gasteiger partial charge in [0, 0.05) is 26.3 Å². The highest BCUT2D eigenvalue weighted by molar-refractivity contribution is 5.94. The largest absolute Gasteiger partial charge is 0.444 e. The van der Waals surface area contributed by atoms with Gasteiger partial charge in [0.1, 0.15) is 12.4 Å². The zero-order valence-corrected chi connectivity index (χ0v) is 16.3. The molecule has 1 aromatic heterocycles. The molecule has 0 aliphatic rings. The van der Waals surface area contributed by atoms with Crippen molar-refractivity contribution in [2.75, 3.05) is 25.1 Å². The minimum absolute atomic E-state index is 0.147. The van der Waals surface area contributed by atoms with E-state index in [1.54, 1.807) is 7.05 Å². The predicted molar refractivity (Wildman–Crippen MR) is 103 cm³/mol. The molecule has 0 spiro atoms. The highest BCUT2D eigenvalue weighted by atomic mass is 16.7. The Bertz CT molecular complexity index is 757. The number of benzene rings is 1. The number of hydrogen-bond acceptors (Lipinski definition) is 6. The number of nitrogens with zero attached hydrogens (tertiary/aromatic N) is 2. The summed E-state index contributed by atoms with van der Waals surface area (Å²) in [7, 11) is 1.62. The second-order valence-electron chi connectivity index (χ2n) is 5.78. The number of aryl methyl sites for hydroxylation is 1. The lowest BCUT2D eigenvalue weighted by molar-refractivity contribution is -0.131. The van der Waals surface area contributed by atoms with Crippen molar-refractivity contribution in [2.45, 2.75) is 26.7 Å². The van der Waals surface area contributed by atoms with Crippen molar-refractivity contribution in [1.82, 2.24) is 15.1 Å². The molecule has 2 amide bonds. The molecule has 2 aromatic rings. The molecular weight excluding hydrogens is 364 g/mol. The molecule has 28 heavy (non-hydrogen) atoms. The highest BCUT2D eigenvalue weighted by Gasteiger charge is 2.17. The molecule has 0 radical (unpaired) electrons. The van der Waals surface area contributed by atoms with Crippen LogP contribution in [0.3, 0.4) is 0 Å². The van der Waals surface area contributed by atoms with Crippen LogP contribution in [0.5, 0.6) is 0 Å². The monoisotopic (exact) mass is 390 g/mol. The first-order valence-corrected chi connectivity index (χ1v) is 9.06. The van der Waals surface area contributed by atoms with Gasteiger partial charge in [-0.25, -0.2) is 4.79 Å². The van der Waals surface area contributed by atoms with Crippen LogP contribution in [0.2, 0.25) is 0 Å². The number of rotatable bonds is 10. The van der Waals surface area contributed by atoms with Gasteiger partial charge in [-0.15, -0.1) is 0 Å². The van der Waals surface area contributed by atoms with E-state index < -0.39 is 18.3 Å². The summed E-state index contributed by atoms with van der Waals surface area (Å²) in [6.07, 6.45) is -1.15. The molecule has 0 aliphatic heterocycles. The maximum atomic E-state index is 12.3. The van der Waals surface area contributed by atoms with E-state index in [0.29, 0.717) is 19.0 Å². The molecule has 9 heteroatoms. The van der Waals surface area contributed by atoms with Gasteiger partial charge in [-0.2, -0.15) is 5.10 Å². The normalized spacial score (nSPS) is 10.7. The van der Waals surface area contributed by atoms with Crippen LogP contribution in [0.1, 0.15) is 29.9 Å². The lowest BCUT2D eigenvalue weighted by Gasteiger charge is -2.16. The van der Waals surface area contributed by atoms with Crippen molar-refractivity contribution in [3.63, 3.8) is 0 Å². The molecule has 1 heterocycles. The van der Waals surface area contributed by atoms with E-state index in [2.05, 4.69) is 15.7 Å². The fraction of sp³-hybridized carbons (Fsp3) is 0.421. The van der Waals surface area contributed by atoms with Gasteiger partial charge in [0.2, 0.25) is 0 Å². The lowest BCUT2D eigenvalue weighted by atomic mass is 10.2. The van der Waals surface area contributed by atoms with Crippen LogP contribution in [0.25, 0.3) is 0 Å². The van der Waals surface area contributed by atoms with E-state index >= 15 is 0 Å². The van der Waals surface area contributed by atoms with Crippen molar-refractivity contribution in [3.8, 4) is 0 Å². The van der Waals surface area contributed by atoms with E-state index in [0.717, 1.165) is 5.56 Å². The minimum Gasteiger partial charge on any atom is -0.444 e. The summed E-state index contributed by atoms with van der Waals surface area (Å²) in [5, 5.41) is 9.38. The average molecular weight is 390 g/mol. The van der Waals surface area contributed by atoms with Crippen LogP contribution >= 0.6 is 0 Å². The van der Waals surface area contributed by atoms with Crippen LogP contribution in [-0.4, -0.2) is 47.8 Å². The number of hydrogen-bond donors (Lipinski definition) is 2. The molecule has 0 bridgehead atoms. The van der Waals surface area contributed by atoms with E-state index in [1.165, 1.54) is 10.7 Å². The smallest absolute Gasteiger partial charge is 0.413 e. The van der Waals surface area contributed by atoms with Crippen LogP contribution in [-0.2, 0) is 27.9 Å². The third kappa shape index (κ3) is 6.67. The predicted octanol–water partition coefficient (Wildman–Crippen LogP) is 2.30. The van der Waals surface area contributed by atoms with Crippen molar-refractivity contribution >= 4 is 17.8 Å². The summed E-state index contributed by atoms with van der Waals surface area (Å²) in [6.45, 7) is 4.99. The van der Waals surface area contributed by atoms with Crippen molar-refractivity contribution in [1.29, 1.82) is 0 Å². The molecule has 2 N–H and O–H groups in total. The van der Waals surface area contributed by atoms with Crippen LogP contribution < -0.4 is 10.6 Å². The Balaban J connectivity index is 1.87. The molecule has 0 saturated heterocycles.